The molecule has 0 atom stereocenters. The summed E-state index contributed by atoms with van der Waals surface area (Å²) in [6, 6.07) is 14.4. The number of sulfonamides is 1. The Kier molecular flexibility index (Phi) is 4.28. The van der Waals surface area contributed by atoms with E-state index in [-0.39, 0.29) is 16.1 Å². The van der Waals surface area contributed by atoms with Crippen molar-refractivity contribution in [1.82, 2.24) is 0 Å². The van der Waals surface area contributed by atoms with Gasteiger partial charge in [-0.05, 0) is 24.3 Å². The lowest BCUT2D eigenvalue weighted by Gasteiger charge is -2.21. The molecule has 2 aromatic rings. The van der Waals surface area contributed by atoms with Crippen molar-refractivity contribution in [2.75, 3.05) is 18.5 Å². The lowest BCUT2D eigenvalue weighted by atomic mass is 10.2. The second-order valence-electron chi connectivity index (χ2n) is 4.29. The first kappa shape index (κ1) is 15.1. The number of rotatable bonds is 4. The van der Waals surface area contributed by atoms with Crippen molar-refractivity contribution >= 4 is 21.7 Å². The van der Waals surface area contributed by atoms with E-state index in [1.807, 2.05) is 0 Å². The smallest absolute Gasteiger partial charge is 0.340 e. The second-order valence-corrected chi connectivity index (χ2v) is 6.26. The van der Waals surface area contributed by atoms with Gasteiger partial charge in [-0.15, -0.1) is 0 Å². The summed E-state index contributed by atoms with van der Waals surface area (Å²) in [7, 11) is -1.07. The van der Waals surface area contributed by atoms with Crippen molar-refractivity contribution in [2.24, 2.45) is 0 Å². The Bertz CT molecular complexity index is 741. The van der Waals surface area contributed by atoms with Crippen LogP contribution in [0.3, 0.4) is 0 Å². The summed E-state index contributed by atoms with van der Waals surface area (Å²) in [5.74, 6) is -0.583. The molecule has 2 rings (SSSR count). The van der Waals surface area contributed by atoms with Gasteiger partial charge in [0.2, 0.25) is 0 Å². The average molecular weight is 305 g/mol. The van der Waals surface area contributed by atoms with Gasteiger partial charge in [-0.3, -0.25) is 4.31 Å². The fraction of sp³-hybridized carbons (Fsp3) is 0.133. The predicted octanol–water partition coefficient (Wildman–Crippen LogP) is 2.30. The molecule has 110 valence electrons. The largest absolute Gasteiger partial charge is 0.465 e. The summed E-state index contributed by atoms with van der Waals surface area (Å²) in [4.78, 5) is 11.9. The molecule has 2 aromatic carbocycles. The van der Waals surface area contributed by atoms with Crippen LogP contribution in [0.2, 0.25) is 0 Å². The van der Waals surface area contributed by atoms with E-state index in [0.717, 1.165) is 4.31 Å². The number of ether oxygens (including phenoxy) is 1. The summed E-state index contributed by atoms with van der Waals surface area (Å²) < 4.78 is 30.9. The molecule has 0 heterocycles. The van der Waals surface area contributed by atoms with Crippen LogP contribution in [0.5, 0.6) is 0 Å². The molecule has 0 fully saturated rings. The standard InChI is InChI=1S/C15H15NO4S/c1-16(21(18,19)12-8-4-3-5-9-12)14-11-7-6-10-13(14)15(17)20-2/h3-11H,1-2H3. The molecule has 0 spiro atoms. The SMILES string of the molecule is COC(=O)c1ccccc1N(C)S(=O)(=O)c1ccccc1. The minimum Gasteiger partial charge on any atom is -0.465 e. The molecule has 0 aliphatic carbocycles. The van der Waals surface area contributed by atoms with E-state index >= 15 is 0 Å². The lowest BCUT2D eigenvalue weighted by Crippen LogP contribution is -2.28. The maximum atomic E-state index is 12.6. The first-order chi connectivity index (χ1) is 9.98. The molecule has 0 N–H and O–H groups in total. The topological polar surface area (TPSA) is 63.7 Å². The number of carbonyl (C=O) groups is 1. The van der Waals surface area contributed by atoms with E-state index in [1.54, 1.807) is 36.4 Å². The van der Waals surface area contributed by atoms with Crippen LogP contribution in [0.1, 0.15) is 10.4 Å². The molecular formula is C15H15NO4S. The third-order valence-electron chi connectivity index (χ3n) is 3.05. The van der Waals surface area contributed by atoms with E-state index in [0.29, 0.717) is 0 Å². The molecule has 0 unspecified atom stereocenters. The Morgan fingerprint density at radius 3 is 2.19 bits per heavy atom. The van der Waals surface area contributed by atoms with Gasteiger partial charge < -0.3 is 4.74 Å². The summed E-state index contributed by atoms with van der Waals surface area (Å²) >= 11 is 0. The van der Waals surface area contributed by atoms with Crippen LogP contribution in [0.15, 0.2) is 59.5 Å². The zero-order chi connectivity index (χ0) is 15.5. The van der Waals surface area contributed by atoms with Crippen LogP contribution in [-0.2, 0) is 14.8 Å². The molecule has 0 saturated carbocycles. The molecule has 6 heteroatoms. The second kappa shape index (κ2) is 5.97. The monoisotopic (exact) mass is 305 g/mol. The van der Waals surface area contributed by atoms with Crippen molar-refractivity contribution in [2.45, 2.75) is 4.90 Å². The number of benzene rings is 2. The Labute approximate surface area is 123 Å². The molecule has 0 saturated heterocycles. The number of hydrogen-bond donors (Lipinski definition) is 0. The Morgan fingerprint density at radius 1 is 1.00 bits per heavy atom. The summed E-state index contributed by atoms with van der Waals surface area (Å²) in [5, 5.41) is 0. The van der Waals surface area contributed by atoms with E-state index < -0.39 is 16.0 Å². The van der Waals surface area contributed by atoms with Gasteiger partial charge in [0.15, 0.2) is 0 Å². The van der Waals surface area contributed by atoms with Crippen LogP contribution >= 0.6 is 0 Å². The van der Waals surface area contributed by atoms with Crippen molar-refractivity contribution in [3.63, 3.8) is 0 Å². The molecular weight excluding hydrogens is 290 g/mol. The predicted molar refractivity (Wildman–Crippen MR) is 79.8 cm³/mol. The number of para-hydroxylation sites is 1. The first-order valence-corrected chi connectivity index (χ1v) is 7.64. The highest BCUT2D eigenvalue weighted by atomic mass is 32.2. The van der Waals surface area contributed by atoms with E-state index in [2.05, 4.69) is 4.74 Å². The van der Waals surface area contributed by atoms with Gasteiger partial charge in [-0.25, -0.2) is 13.2 Å². The summed E-state index contributed by atoms with van der Waals surface area (Å²) in [6.07, 6.45) is 0. The molecule has 0 amide bonds. The number of methoxy groups -OCH3 is 1. The van der Waals surface area contributed by atoms with Crippen molar-refractivity contribution < 1.29 is 17.9 Å². The van der Waals surface area contributed by atoms with E-state index in [4.69, 9.17) is 0 Å². The van der Waals surface area contributed by atoms with Crippen LogP contribution in [-0.4, -0.2) is 28.5 Å². The van der Waals surface area contributed by atoms with Crippen molar-refractivity contribution in [3.05, 3.63) is 60.2 Å². The zero-order valence-corrected chi connectivity index (χ0v) is 12.5. The Morgan fingerprint density at radius 2 is 1.57 bits per heavy atom. The van der Waals surface area contributed by atoms with E-state index in [1.165, 1.54) is 32.4 Å². The highest BCUT2D eigenvalue weighted by molar-refractivity contribution is 7.92. The fourth-order valence-corrected chi connectivity index (χ4v) is 3.15. The molecule has 0 bridgehead atoms. The average Bonchev–Trinajstić information content (AvgIpc) is 2.54. The van der Waals surface area contributed by atoms with Gasteiger partial charge in [0.05, 0.1) is 23.3 Å². The summed E-state index contributed by atoms with van der Waals surface area (Å²) in [6.45, 7) is 0. The molecule has 0 radical (unpaired) electrons. The third-order valence-corrected chi connectivity index (χ3v) is 4.84. The van der Waals surface area contributed by atoms with Gasteiger partial charge in [-0.2, -0.15) is 0 Å². The lowest BCUT2D eigenvalue weighted by molar-refractivity contribution is 0.0601. The maximum absolute atomic E-state index is 12.6. The summed E-state index contributed by atoms with van der Waals surface area (Å²) in [5.41, 5.74) is 0.468. The minimum atomic E-state index is -3.73. The van der Waals surface area contributed by atoms with Crippen LogP contribution in [0, 0.1) is 0 Å². The Hall–Kier alpha value is -2.34. The van der Waals surface area contributed by atoms with Gasteiger partial charge in [-0.1, -0.05) is 30.3 Å². The maximum Gasteiger partial charge on any atom is 0.340 e. The quantitative estimate of drug-likeness (QED) is 0.813. The number of carbonyl (C=O) groups excluding carboxylic acids is 1. The number of anilines is 1. The third kappa shape index (κ3) is 2.90. The van der Waals surface area contributed by atoms with Gasteiger partial charge >= 0.3 is 5.97 Å². The van der Waals surface area contributed by atoms with Gasteiger partial charge in [0, 0.05) is 7.05 Å². The first-order valence-electron chi connectivity index (χ1n) is 6.20. The molecule has 0 aliphatic heterocycles. The van der Waals surface area contributed by atoms with Crippen molar-refractivity contribution in [1.29, 1.82) is 0 Å². The Balaban J connectivity index is 2.51. The van der Waals surface area contributed by atoms with E-state index in [9.17, 15) is 13.2 Å². The molecule has 21 heavy (non-hydrogen) atoms. The highest BCUT2D eigenvalue weighted by Gasteiger charge is 2.24. The molecule has 0 aliphatic rings. The fourth-order valence-electron chi connectivity index (χ4n) is 1.91. The zero-order valence-electron chi connectivity index (χ0n) is 11.7. The van der Waals surface area contributed by atoms with Gasteiger partial charge in [0.1, 0.15) is 0 Å². The van der Waals surface area contributed by atoms with Gasteiger partial charge in [0.25, 0.3) is 10.0 Å². The highest BCUT2D eigenvalue weighted by Crippen LogP contribution is 2.25. The minimum absolute atomic E-state index is 0.159. The number of esters is 1. The molecule has 0 aromatic heterocycles. The van der Waals surface area contributed by atoms with Crippen LogP contribution in [0.4, 0.5) is 5.69 Å². The molecule has 5 nitrogen and oxygen atoms in total. The van der Waals surface area contributed by atoms with Crippen molar-refractivity contribution in [3.8, 4) is 0 Å². The van der Waals surface area contributed by atoms with Crippen LogP contribution < -0.4 is 4.31 Å². The number of hydrogen-bond acceptors (Lipinski definition) is 4. The normalized spacial score (nSPS) is 11.0. The number of nitrogens with zero attached hydrogens (tertiary/aromatic N) is 1. The van der Waals surface area contributed by atoms with Crippen LogP contribution in [0.25, 0.3) is 0 Å².